The van der Waals surface area contributed by atoms with Gasteiger partial charge in [-0.3, -0.25) is 4.79 Å². The molecule has 8 heteroatoms. The average molecular weight is 409 g/mol. The molecule has 0 radical (unpaired) electrons. The number of nitrogens with zero attached hydrogens (tertiary/aromatic N) is 1. The molecule has 1 heterocycles. The van der Waals surface area contributed by atoms with Gasteiger partial charge in [0.2, 0.25) is 10.0 Å². The molecule has 0 aliphatic carbocycles. The molecule has 144 valence electrons. The number of halogens is 1. The topological polar surface area (TPSA) is 75.7 Å². The molecule has 0 spiro atoms. The van der Waals surface area contributed by atoms with Crippen molar-refractivity contribution in [1.82, 2.24) is 4.31 Å². The monoisotopic (exact) mass is 408 g/mol. The maximum atomic E-state index is 13.1. The summed E-state index contributed by atoms with van der Waals surface area (Å²) in [5.41, 5.74) is 0.639. The highest BCUT2D eigenvalue weighted by molar-refractivity contribution is 7.89. The molecular weight excluding hydrogens is 388 g/mol. The van der Waals surface area contributed by atoms with Crippen LogP contribution in [-0.4, -0.2) is 31.7 Å². The van der Waals surface area contributed by atoms with Gasteiger partial charge in [-0.25, -0.2) is 8.42 Å². The maximum Gasteiger partial charge on any atom is 0.259 e. The number of para-hydroxylation sites is 2. The summed E-state index contributed by atoms with van der Waals surface area (Å²) < 4.78 is 33.4. The normalized spacial score (nSPS) is 13.4. The Bertz CT molecular complexity index is 970. The van der Waals surface area contributed by atoms with Crippen LogP contribution in [0.5, 0.6) is 11.5 Å². The van der Waals surface area contributed by atoms with Crippen molar-refractivity contribution in [3.05, 3.63) is 47.0 Å². The van der Waals surface area contributed by atoms with Crippen molar-refractivity contribution in [2.45, 2.75) is 31.6 Å². The molecule has 1 aliphatic rings. The molecule has 1 aliphatic heterocycles. The quantitative estimate of drug-likeness (QED) is 0.763. The molecule has 0 unspecified atom stereocenters. The summed E-state index contributed by atoms with van der Waals surface area (Å²) in [6.45, 7) is 4.60. The van der Waals surface area contributed by atoms with E-state index >= 15 is 0 Å². The lowest BCUT2D eigenvalue weighted by molar-refractivity contribution is 0.102. The highest BCUT2D eigenvalue weighted by Crippen LogP contribution is 2.39. The third kappa shape index (κ3) is 3.81. The van der Waals surface area contributed by atoms with Crippen molar-refractivity contribution in [3.8, 4) is 11.5 Å². The Morgan fingerprint density at radius 3 is 2.41 bits per heavy atom. The Hall–Kier alpha value is -2.09. The van der Waals surface area contributed by atoms with E-state index in [9.17, 15) is 13.2 Å². The minimum absolute atomic E-state index is 0.0261. The highest BCUT2D eigenvalue weighted by Gasteiger charge is 2.30. The zero-order valence-corrected chi connectivity index (χ0v) is 16.7. The van der Waals surface area contributed by atoms with Gasteiger partial charge in [-0.2, -0.15) is 4.31 Å². The number of nitrogens with one attached hydrogen (secondary N) is 1. The second kappa shape index (κ2) is 7.88. The summed E-state index contributed by atoms with van der Waals surface area (Å²) in [6.07, 6.45) is 1.36. The zero-order valence-electron chi connectivity index (χ0n) is 15.2. The van der Waals surface area contributed by atoms with E-state index in [-0.39, 0.29) is 21.2 Å². The van der Waals surface area contributed by atoms with Crippen LogP contribution in [-0.2, 0) is 10.0 Å². The van der Waals surface area contributed by atoms with Crippen LogP contribution >= 0.6 is 11.6 Å². The fourth-order valence-electron chi connectivity index (χ4n) is 2.95. The van der Waals surface area contributed by atoms with Crippen LogP contribution in [0.15, 0.2) is 41.3 Å². The Morgan fingerprint density at radius 2 is 1.74 bits per heavy atom. The number of fused-ring (bicyclic) bond motifs is 2. The summed E-state index contributed by atoms with van der Waals surface area (Å²) in [5, 5.41) is 2.77. The SMILES string of the molecule is CCCN(CCC)S(=O)(=O)c1cc2c(cc1Cl)Oc1ccccc1NC2=O. The molecule has 2 aromatic carbocycles. The van der Waals surface area contributed by atoms with Crippen LogP contribution in [0, 0.1) is 0 Å². The molecule has 0 aromatic heterocycles. The number of hydrogen-bond acceptors (Lipinski definition) is 4. The third-order valence-corrected chi connectivity index (χ3v) is 6.56. The first-order valence-corrected chi connectivity index (χ1v) is 10.6. The van der Waals surface area contributed by atoms with Gasteiger partial charge in [0.05, 0.1) is 16.3 Å². The lowest BCUT2D eigenvalue weighted by atomic mass is 10.2. The molecule has 2 aromatic rings. The predicted octanol–water partition coefficient (Wildman–Crippen LogP) is 4.51. The molecule has 27 heavy (non-hydrogen) atoms. The molecule has 0 bridgehead atoms. The minimum Gasteiger partial charge on any atom is -0.454 e. The predicted molar refractivity (Wildman–Crippen MR) is 105 cm³/mol. The maximum absolute atomic E-state index is 13.1. The van der Waals surface area contributed by atoms with E-state index in [0.29, 0.717) is 37.4 Å². The number of rotatable bonds is 6. The van der Waals surface area contributed by atoms with Crippen molar-refractivity contribution < 1.29 is 17.9 Å². The molecule has 1 N–H and O–H groups in total. The average Bonchev–Trinajstić information content (AvgIpc) is 2.76. The smallest absolute Gasteiger partial charge is 0.259 e. The molecule has 0 atom stereocenters. The Labute approximate surface area is 164 Å². The van der Waals surface area contributed by atoms with E-state index < -0.39 is 15.9 Å². The number of carbonyl (C=O) groups excluding carboxylic acids is 1. The molecule has 3 rings (SSSR count). The van der Waals surface area contributed by atoms with Gasteiger partial charge in [-0.15, -0.1) is 0 Å². The van der Waals surface area contributed by atoms with E-state index in [4.69, 9.17) is 16.3 Å². The summed E-state index contributed by atoms with van der Waals surface area (Å²) in [6, 6.07) is 9.67. The third-order valence-electron chi connectivity index (χ3n) is 4.20. The summed E-state index contributed by atoms with van der Waals surface area (Å²) in [7, 11) is -3.83. The van der Waals surface area contributed by atoms with Crippen LogP contribution in [0.1, 0.15) is 37.0 Å². The second-order valence-electron chi connectivity index (χ2n) is 6.24. The Kier molecular flexibility index (Phi) is 5.74. The number of benzene rings is 2. The Morgan fingerprint density at radius 1 is 1.07 bits per heavy atom. The lowest BCUT2D eigenvalue weighted by Gasteiger charge is -2.22. The molecule has 6 nitrogen and oxygen atoms in total. The van der Waals surface area contributed by atoms with E-state index in [0.717, 1.165) is 0 Å². The van der Waals surface area contributed by atoms with Gasteiger partial charge >= 0.3 is 0 Å². The van der Waals surface area contributed by atoms with Crippen molar-refractivity contribution in [2.24, 2.45) is 0 Å². The van der Waals surface area contributed by atoms with Crippen LogP contribution in [0.3, 0.4) is 0 Å². The summed E-state index contributed by atoms with van der Waals surface area (Å²) in [5.74, 6) is 0.245. The minimum atomic E-state index is -3.83. The van der Waals surface area contributed by atoms with Crippen LogP contribution in [0.4, 0.5) is 5.69 Å². The Balaban J connectivity index is 2.09. The van der Waals surface area contributed by atoms with Gasteiger partial charge in [0.1, 0.15) is 10.6 Å². The van der Waals surface area contributed by atoms with Crippen LogP contribution in [0.25, 0.3) is 0 Å². The first-order chi connectivity index (χ1) is 12.9. The first-order valence-electron chi connectivity index (χ1n) is 8.80. The highest BCUT2D eigenvalue weighted by atomic mass is 35.5. The van der Waals surface area contributed by atoms with Crippen molar-refractivity contribution in [1.29, 1.82) is 0 Å². The van der Waals surface area contributed by atoms with Crippen molar-refractivity contribution in [3.63, 3.8) is 0 Å². The molecule has 0 saturated heterocycles. The first kappa shape index (κ1) is 19.7. The van der Waals surface area contributed by atoms with E-state index in [1.807, 2.05) is 13.8 Å². The molecular formula is C19H21ClN2O4S. The van der Waals surface area contributed by atoms with E-state index in [1.54, 1.807) is 24.3 Å². The largest absolute Gasteiger partial charge is 0.454 e. The number of sulfonamides is 1. The van der Waals surface area contributed by atoms with Crippen molar-refractivity contribution >= 4 is 33.2 Å². The number of ether oxygens (including phenoxy) is 1. The van der Waals surface area contributed by atoms with Gasteiger partial charge in [0.15, 0.2) is 5.75 Å². The number of carbonyl (C=O) groups is 1. The summed E-state index contributed by atoms with van der Waals surface area (Å²) in [4.78, 5) is 12.5. The second-order valence-corrected chi connectivity index (χ2v) is 8.55. The number of hydrogen-bond donors (Lipinski definition) is 1. The van der Waals surface area contributed by atoms with Gasteiger partial charge in [-0.05, 0) is 31.0 Å². The number of amides is 1. The van der Waals surface area contributed by atoms with Crippen LogP contribution < -0.4 is 10.1 Å². The van der Waals surface area contributed by atoms with Crippen molar-refractivity contribution in [2.75, 3.05) is 18.4 Å². The number of anilines is 1. The van der Waals surface area contributed by atoms with Gasteiger partial charge in [0.25, 0.3) is 5.91 Å². The van der Waals surface area contributed by atoms with Gasteiger partial charge in [0, 0.05) is 19.2 Å². The molecule has 1 amide bonds. The fourth-order valence-corrected chi connectivity index (χ4v) is 5.09. The zero-order chi connectivity index (χ0) is 19.6. The summed E-state index contributed by atoms with van der Waals surface area (Å²) >= 11 is 6.30. The molecule has 0 fully saturated rings. The lowest BCUT2D eigenvalue weighted by Crippen LogP contribution is -2.33. The van der Waals surface area contributed by atoms with Crippen LogP contribution in [0.2, 0.25) is 5.02 Å². The fraction of sp³-hybridized carbons (Fsp3) is 0.316. The van der Waals surface area contributed by atoms with E-state index in [2.05, 4.69) is 5.32 Å². The van der Waals surface area contributed by atoms with Gasteiger partial charge < -0.3 is 10.1 Å². The standard InChI is InChI=1S/C19H21ClN2O4S/c1-3-9-22(10-4-2)27(24,25)18-11-13-17(12-14(18)20)26-16-8-6-5-7-15(16)21-19(13)23/h5-8,11-12H,3-4,9-10H2,1-2H3,(H,21,23). The van der Waals surface area contributed by atoms with Gasteiger partial charge in [-0.1, -0.05) is 37.6 Å². The molecule has 0 saturated carbocycles. The van der Waals surface area contributed by atoms with E-state index in [1.165, 1.54) is 16.4 Å².